The van der Waals surface area contributed by atoms with Crippen LogP contribution in [-0.4, -0.2) is 11.0 Å². The molecule has 0 aliphatic heterocycles. The molecule has 0 aromatic heterocycles. The normalized spacial score (nSPS) is 12.1. The summed E-state index contributed by atoms with van der Waals surface area (Å²) < 4.78 is 0. The minimum absolute atomic E-state index is 0.0575. The number of phenols is 1. The second-order valence-electron chi connectivity index (χ2n) is 3.69. The average molecular weight is 207 g/mol. The van der Waals surface area contributed by atoms with Crippen LogP contribution < -0.4 is 5.32 Å². The summed E-state index contributed by atoms with van der Waals surface area (Å²) in [6.45, 7) is 4.42. The maximum Gasteiger partial charge on any atom is 0.223 e. The Balaban J connectivity index is 2.43. The van der Waals surface area contributed by atoms with Crippen LogP contribution in [-0.2, 0) is 11.3 Å². The molecule has 1 rings (SSSR count). The van der Waals surface area contributed by atoms with Crippen LogP contribution in [0.5, 0.6) is 5.75 Å². The molecule has 3 nitrogen and oxygen atoms in total. The molecule has 0 fully saturated rings. The van der Waals surface area contributed by atoms with Gasteiger partial charge >= 0.3 is 0 Å². The van der Waals surface area contributed by atoms with E-state index >= 15 is 0 Å². The van der Waals surface area contributed by atoms with Crippen molar-refractivity contribution in [1.29, 1.82) is 0 Å². The summed E-state index contributed by atoms with van der Waals surface area (Å²) in [4.78, 5) is 11.5. The lowest BCUT2D eigenvalue weighted by atomic mass is 10.1. The Hall–Kier alpha value is -1.51. The molecule has 0 spiro atoms. The third-order valence-corrected chi connectivity index (χ3v) is 2.46. The minimum Gasteiger partial charge on any atom is -0.508 e. The van der Waals surface area contributed by atoms with Crippen molar-refractivity contribution in [2.24, 2.45) is 5.92 Å². The van der Waals surface area contributed by atoms with Gasteiger partial charge in [0.15, 0.2) is 0 Å². The van der Waals surface area contributed by atoms with Gasteiger partial charge in [0.25, 0.3) is 0 Å². The van der Waals surface area contributed by atoms with E-state index in [-0.39, 0.29) is 17.6 Å². The first-order valence-corrected chi connectivity index (χ1v) is 5.19. The smallest absolute Gasteiger partial charge is 0.223 e. The summed E-state index contributed by atoms with van der Waals surface area (Å²) >= 11 is 0. The Bertz CT molecular complexity index is 319. The van der Waals surface area contributed by atoms with Crippen molar-refractivity contribution in [2.45, 2.75) is 26.8 Å². The van der Waals surface area contributed by atoms with Crippen LogP contribution in [0.15, 0.2) is 24.3 Å². The van der Waals surface area contributed by atoms with Gasteiger partial charge in [-0.2, -0.15) is 0 Å². The van der Waals surface area contributed by atoms with Crippen molar-refractivity contribution in [1.82, 2.24) is 5.32 Å². The average Bonchev–Trinajstić information content (AvgIpc) is 2.26. The fraction of sp³-hybridized carbons (Fsp3) is 0.417. The fourth-order valence-corrected chi connectivity index (χ4v) is 1.16. The second kappa shape index (κ2) is 5.39. The summed E-state index contributed by atoms with van der Waals surface area (Å²) in [7, 11) is 0. The molecular formula is C12H17NO2. The quantitative estimate of drug-likeness (QED) is 0.794. The lowest BCUT2D eigenvalue weighted by molar-refractivity contribution is -0.124. The van der Waals surface area contributed by atoms with Crippen molar-refractivity contribution >= 4 is 5.91 Å². The number of amides is 1. The van der Waals surface area contributed by atoms with Crippen LogP contribution in [0.4, 0.5) is 0 Å². The van der Waals surface area contributed by atoms with Crippen molar-refractivity contribution in [3.63, 3.8) is 0 Å². The van der Waals surface area contributed by atoms with E-state index < -0.39 is 0 Å². The number of rotatable bonds is 4. The number of hydrogen-bond donors (Lipinski definition) is 2. The molecule has 0 radical (unpaired) electrons. The Morgan fingerprint density at radius 3 is 2.53 bits per heavy atom. The molecule has 0 heterocycles. The number of carbonyl (C=O) groups is 1. The standard InChI is InChI=1S/C12H17NO2/c1-3-9(2)12(15)13-8-10-4-6-11(14)7-5-10/h4-7,9,14H,3,8H2,1-2H3,(H,13,15). The van der Waals surface area contributed by atoms with E-state index in [0.717, 1.165) is 12.0 Å². The molecule has 1 aromatic rings. The number of carbonyl (C=O) groups excluding carboxylic acids is 1. The predicted molar refractivity (Wildman–Crippen MR) is 59.4 cm³/mol. The molecule has 1 unspecified atom stereocenters. The highest BCUT2D eigenvalue weighted by Gasteiger charge is 2.09. The highest BCUT2D eigenvalue weighted by molar-refractivity contribution is 5.78. The van der Waals surface area contributed by atoms with E-state index in [4.69, 9.17) is 5.11 Å². The van der Waals surface area contributed by atoms with Crippen molar-refractivity contribution < 1.29 is 9.90 Å². The topological polar surface area (TPSA) is 49.3 Å². The Labute approximate surface area is 90.1 Å². The summed E-state index contributed by atoms with van der Waals surface area (Å²) in [6.07, 6.45) is 0.849. The molecular weight excluding hydrogens is 190 g/mol. The molecule has 0 saturated heterocycles. The monoisotopic (exact) mass is 207 g/mol. The number of nitrogens with one attached hydrogen (secondary N) is 1. The van der Waals surface area contributed by atoms with Crippen LogP contribution in [0.1, 0.15) is 25.8 Å². The Morgan fingerprint density at radius 2 is 2.00 bits per heavy atom. The van der Waals surface area contributed by atoms with Crippen LogP contribution in [0.25, 0.3) is 0 Å². The van der Waals surface area contributed by atoms with Gasteiger partial charge < -0.3 is 10.4 Å². The van der Waals surface area contributed by atoms with Crippen LogP contribution in [0.2, 0.25) is 0 Å². The molecule has 82 valence electrons. The predicted octanol–water partition coefficient (Wildman–Crippen LogP) is 2.05. The van der Waals surface area contributed by atoms with E-state index in [1.807, 2.05) is 13.8 Å². The molecule has 1 aromatic carbocycles. The SMILES string of the molecule is CCC(C)C(=O)NCc1ccc(O)cc1. The first-order valence-electron chi connectivity index (χ1n) is 5.19. The maximum atomic E-state index is 11.5. The Morgan fingerprint density at radius 1 is 1.40 bits per heavy atom. The largest absolute Gasteiger partial charge is 0.508 e. The molecule has 1 atom stereocenters. The Kier molecular flexibility index (Phi) is 4.16. The van der Waals surface area contributed by atoms with Crippen LogP contribution >= 0.6 is 0 Å². The molecule has 0 bridgehead atoms. The fourth-order valence-electron chi connectivity index (χ4n) is 1.16. The molecule has 0 aliphatic carbocycles. The molecule has 0 saturated carbocycles. The zero-order valence-electron chi connectivity index (χ0n) is 9.16. The summed E-state index contributed by atoms with van der Waals surface area (Å²) in [5, 5.41) is 11.9. The number of aromatic hydroxyl groups is 1. The number of benzene rings is 1. The van der Waals surface area contributed by atoms with Gasteiger partial charge in [-0.05, 0) is 24.1 Å². The molecule has 0 aliphatic rings. The third kappa shape index (κ3) is 3.62. The van der Waals surface area contributed by atoms with Gasteiger partial charge in [-0.1, -0.05) is 26.0 Å². The summed E-state index contributed by atoms with van der Waals surface area (Å²) in [5.74, 6) is 0.375. The third-order valence-electron chi connectivity index (χ3n) is 2.46. The summed E-state index contributed by atoms with van der Waals surface area (Å²) in [5.41, 5.74) is 0.990. The van der Waals surface area contributed by atoms with Crippen molar-refractivity contribution in [3.05, 3.63) is 29.8 Å². The van der Waals surface area contributed by atoms with Gasteiger partial charge in [-0.25, -0.2) is 0 Å². The highest BCUT2D eigenvalue weighted by Crippen LogP contribution is 2.09. The van der Waals surface area contributed by atoms with Crippen molar-refractivity contribution in [3.8, 4) is 5.75 Å². The second-order valence-corrected chi connectivity index (χ2v) is 3.69. The van der Waals surface area contributed by atoms with Gasteiger partial charge in [-0.15, -0.1) is 0 Å². The lowest BCUT2D eigenvalue weighted by Crippen LogP contribution is -2.28. The van der Waals surface area contributed by atoms with Gasteiger partial charge in [-0.3, -0.25) is 4.79 Å². The van der Waals surface area contributed by atoms with E-state index in [0.29, 0.717) is 6.54 Å². The summed E-state index contributed by atoms with van der Waals surface area (Å²) in [6, 6.07) is 6.83. The highest BCUT2D eigenvalue weighted by atomic mass is 16.3. The minimum atomic E-state index is 0.0575. The van der Waals surface area contributed by atoms with Crippen LogP contribution in [0, 0.1) is 5.92 Å². The maximum absolute atomic E-state index is 11.5. The molecule has 15 heavy (non-hydrogen) atoms. The molecule has 1 amide bonds. The molecule has 2 N–H and O–H groups in total. The lowest BCUT2D eigenvalue weighted by Gasteiger charge is -2.09. The van der Waals surface area contributed by atoms with E-state index in [2.05, 4.69) is 5.32 Å². The van der Waals surface area contributed by atoms with E-state index in [1.165, 1.54) is 0 Å². The zero-order chi connectivity index (χ0) is 11.3. The van der Waals surface area contributed by atoms with E-state index in [9.17, 15) is 4.79 Å². The van der Waals surface area contributed by atoms with Gasteiger partial charge in [0, 0.05) is 12.5 Å². The van der Waals surface area contributed by atoms with Gasteiger partial charge in [0.1, 0.15) is 5.75 Å². The van der Waals surface area contributed by atoms with Crippen LogP contribution in [0.3, 0.4) is 0 Å². The van der Waals surface area contributed by atoms with E-state index in [1.54, 1.807) is 24.3 Å². The molecule has 3 heteroatoms. The first kappa shape index (κ1) is 11.6. The van der Waals surface area contributed by atoms with Gasteiger partial charge in [0.2, 0.25) is 5.91 Å². The number of phenolic OH excluding ortho intramolecular Hbond substituents is 1. The number of hydrogen-bond acceptors (Lipinski definition) is 2. The van der Waals surface area contributed by atoms with Crippen molar-refractivity contribution in [2.75, 3.05) is 0 Å². The first-order chi connectivity index (χ1) is 7.13. The zero-order valence-corrected chi connectivity index (χ0v) is 9.16. The van der Waals surface area contributed by atoms with Gasteiger partial charge in [0.05, 0.1) is 0 Å².